The van der Waals surface area contributed by atoms with Crippen LogP contribution in [0.1, 0.15) is 48.9 Å². The number of hydrogen-bond acceptors (Lipinski definition) is 6. The maximum absolute atomic E-state index is 13.7. The Labute approximate surface area is 215 Å². The number of aryl methyl sites for hydroxylation is 2. The summed E-state index contributed by atoms with van der Waals surface area (Å²) in [6.07, 6.45) is 5.32. The number of thiocarbonyl (C=S) groups is 1. The normalized spacial score (nSPS) is 15.0. The SMILES string of the molecule is CCCN(CCC)c1nc2ccc(C)cn2c(=O)c1C=C1SC(=S)N(Cc2ccc(C)cc2)C1=O. The van der Waals surface area contributed by atoms with Gasteiger partial charge in [0.1, 0.15) is 15.8 Å². The second kappa shape index (κ2) is 10.7. The molecule has 0 radical (unpaired) electrons. The first-order chi connectivity index (χ1) is 16.8. The third-order valence-corrected chi connectivity index (χ3v) is 7.26. The molecule has 0 N–H and O–H groups in total. The van der Waals surface area contributed by atoms with Crippen molar-refractivity contribution in [3.8, 4) is 0 Å². The van der Waals surface area contributed by atoms with Gasteiger partial charge in [-0.05, 0) is 50.0 Å². The molecular weight excluding hydrogens is 476 g/mol. The van der Waals surface area contributed by atoms with E-state index in [1.54, 1.807) is 21.6 Å². The number of anilines is 1. The summed E-state index contributed by atoms with van der Waals surface area (Å²) in [6.45, 7) is 10.1. The summed E-state index contributed by atoms with van der Waals surface area (Å²) in [4.78, 5) is 36.1. The van der Waals surface area contributed by atoms with Crippen LogP contribution in [0.2, 0.25) is 0 Å². The molecule has 0 aliphatic carbocycles. The summed E-state index contributed by atoms with van der Waals surface area (Å²) in [5.74, 6) is 0.434. The largest absolute Gasteiger partial charge is 0.356 e. The molecule has 1 saturated heterocycles. The molecule has 0 bridgehead atoms. The zero-order valence-corrected chi connectivity index (χ0v) is 22.2. The Kier molecular flexibility index (Phi) is 7.72. The molecule has 4 rings (SSSR count). The summed E-state index contributed by atoms with van der Waals surface area (Å²) < 4.78 is 2.06. The number of amides is 1. The van der Waals surface area contributed by atoms with Gasteiger partial charge in [-0.3, -0.25) is 18.9 Å². The van der Waals surface area contributed by atoms with Crippen LogP contribution in [-0.2, 0) is 11.3 Å². The fraction of sp³-hybridized carbons (Fsp3) is 0.333. The molecule has 1 aliphatic heterocycles. The Morgan fingerprint density at radius 1 is 1.00 bits per heavy atom. The van der Waals surface area contributed by atoms with Gasteiger partial charge in [-0.1, -0.05) is 73.7 Å². The molecule has 6 nitrogen and oxygen atoms in total. The van der Waals surface area contributed by atoms with Crippen LogP contribution in [0.5, 0.6) is 0 Å². The van der Waals surface area contributed by atoms with Crippen LogP contribution in [0.15, 0.2) is 52.3 Å². The van der Waals surface area contributed by atoms with Crippen LogP contribution in [0.25, 0.3) is 11.7 Å². The Morgan fingerprint density at radius 2 is 1.66 bits per heavy atom. The maximum Gasteiger partial charge on any atom is 0.267 e. The molecule has 2 aromatic heterocycles. The quantitative estimate of drug-likeness (QED) is 0.304. The molecule has 8 heteroatoms. The summed E-state index contributed by atoms with van der Waals surface area (Å²) in [7, 11) is 0. The van der Waals surface area contributed by atoms with Crippen molar-refractivity contribution in [2.45, 2.75) is 47.1 Å². The van der Waals surface area contributed by atoms with Crippen molar-refractivity contribution in [1.82, 2.24) is 14.3 Å². The first kappa shape index (κ1) is 25.1. The zero-order valence-electron chi connectivity index (χ0n) is 20.6. The summed E-state index contributed by atoms with van der Waals surface area (Å²) in [5, 5.41) is 0. The fourth-order valence-corrected chi connectivity index (χ4v) is 5.36. The minimum absolute atomic E-state index is 0.183. The second-order valence-electron chi connectivity index (χ2n) is 8.83. The van der Waals surface area contributed by atoms with E-state index in [0.29, 0.717) is 32.8 Å². The predicted molar refractivity (Wildman–Crippen MR) is 149 cm³/mol. The molecule has 3 heterocycles. The van der Waals surface area contributed by atoms with Crippen molar-refractivity contribution in [3.05, 3.63) is 80.1 Å². The van der Waals surface area contributed by atoms with Crippen molar-refractivity contribution in [1.29, 1.82) is 0 Å². The van der Waals surface area contributed by atoms with E-state index >= 15 is 0 Å². The monoisotopic (exact) mass is 506 g/mol. The van der Waals surface area contributed by atoms with Crippen LogP contribution in [0.3, 0.4) is 0 Å². The van der Waals surface area contributed by atoms with Gasteiger partial charge in [-0.25, -0.2) is 4.98 Å². The molecule has 3 aromatic rings. The highest BCUT2D eigenvalue weighted by Gasteiger charge is 2.33. The van der Waals surface area contributed by atoms with E-state index in [1.165, 1.54) is 11.8 Å². The van der Waals surface area contributed by atoms with Gasteiger partial charge in [0.15, 0.2) is 0 Å². The van der Waals surface area contributed by atoms with E-state index in [2.05, 4.69) is 18.7 Å². The minimum Gasteiger partial charge on any atom is -0.356 e. The standard InChI is InChI=1S/C27H30N4O2S2/c1-5-13-29(14-6-2)24-21(25(32)30-16-19(4)9-12-23(30)28-24)15-22-26(33)31(27(34)35-22)17-20-10-7-18(3)8-11-20/h7-12,15-16H,5-6,13-14,17H2,1-4H3. The molecule has 1 amide bonds. The highest BCUT2D eigenvalue weighted by Crippen LogP contribution is 2.34. The van der Waals surface area contributed by atoms with Gasteiger partial charge >= 0.3 is 0 Å². The highest BCUT2D eigenvalue weighted by atomic mass is 32.2. The van der Waals surface area contributed by atoms with Gasteiger partial charge in [-0.2, -0.15) is 0 Å². The van der Waals surface area contributed by atoms with E-state index in [-0.39, 0.29) is 11.5 Å². The number of thioether (sulfide) groups is 1. The molecule has 1 fully saturated rings. The van der Waals surface area contributed by atoms with Gasteiger partial charge < -0.3 is 4.90 Å². The second-order valence-corrected chi connectivity index (χ2v) is 10.5. The average Bonchev–Trinajstić information content (AvgIpc) is 3.09. The third kappa shape index (κ3) is 5.33. The lowest BCUT2D eigenvalue weighted by Gasteiger charge is -2.24. The molecule has 182 valence electrons. The Bertz CT molecular complexity index is 1360. The zero-order chi connectivity index (χ0) is 25.1. The average molecular weight is 507 g/mol. The first-order valence-corrected chi connectivity index (χ1v) is 13.1. The highest BCUT2D eigenvalue weighted by molar-refractivity contribution is 8.26. The van der Waals surface area contributed by atoms with Gasteiger partial charge in [0.05, 0.1) is 17.0 Å². The van der Waals surface area contributed by atoms with Crippen molar-refractivity contribution in [2.75, 3.05) is 18.0 Å². The number of rotatable bonds is 8. The van der Waals surface area contributed by atoms with Crippen LogP contribution >= 0.6 is 24.0 Å². The summed E-state index contributed by atoms with van der Waals surface area (Å²) >= 11 is 6.79. The maximum atomic E-state index is 13.7. The number of fused-ring (bicyclic) bond motifs is 1. The molecule has 1 aromatic carbocycles. The van der Waals surface area contributed by atoms with Gasteiger partial charge in [0.25, 0.3) is 11.5 Å². The Hall–Kier alpha value is -2.97. The van der Waals surface area contributed by atoms with Crippen LogP contribution in [0.4, 0.5) is 5.82 Å². The lowest BCUT2D eigenvalue weighted by molar-refractivity contribution is -0.122. The predicted octanol–water partition coefficient (Wildman–Crippen LogP) is 5.34. The van der Waals surface area contributed by atoms with Crippen LogP contribution in [-0.4, -0.2) is 37.6 Å². The fourth-order valence-electron chi connectivity index (χ4n) is 4.12. The van der Waals surface area contributed by atoms with Gasteiger partial charge in [0, 0.05) is 19.3 Å². The van der Waals surface area contributed by atoms with E-state index in [4.69, 9.17) is 17.2 Å². The Balaban J connectivity index is 1.79. The lowest BCUT2D eigenvalue weighted by atomic mass is 10.1. The van der Waals surface area contributed by atoms with Crippen molar-refractivity contribution >= 4 is 51.7 Å². The van der Waals surface area contributed by atoms with E-state index in [0.717, 1.165) is 42.6 Å². The Morgan fingerprint density at radius 3 is 2.31 bits per heavy atom. The number of nitrogens with zero attached hydrogens (tertiary/aromatic N) is 4. The molecule has 0 spiro atoms. The lowest BCUT2D eigenvalue weighted by Crippen LogP contribution is -2.31. The number of pyridine rings is 1. The number of carbonyl (C=O) groups is 1. The first-order valence-electron chi connectivity index (χ1n) is 11.9. The van der Waals surface area contributed by atoms with Gasteiger partial charge in [0.2, 0.25) is 0 Å². The molecule has 0 saturated carbocycles. The van der Waals surface area contributed by atoms with E-state index < -0.39 is 0 Å². The molecule has 1 aliphatic rings. The van der Waals surface area contributed by atoms with Crippen molar-refractivity contribution < 1.29 is 4.79 Å². The molecule has 0 atom stereocenters. The molecule has 35 heavy (non-hydrogen) atoms. The number of benzene rings is 1. The van der Waals surface area contributed by atoms with Crippen LogP contribution in [0, 0.1) is 13.8 Å². The number of hydrogen-bond donors (Lipinski definition) is 0. The number of carbonyl (C=O) groups excluding carboxylic acids is 1. The van der Waals surface area contributed by atoms with E-state index in [9.17, 15) is 9.59 Å². The third-order valence-electron chi connectivity index (χ3n) is 5.88. The van der Waals surface area contributed by atoms with Gasteiger partial charge in [-0.15, -0.1) is 0 Å². The van der Waals surface area contributed by atoms with Crippen molar-refractivity contribution in [2.24, 2.45) is 0 Å². The number of aromatic nitrogens is 2. The molecular formula is C27H30N4O2S2. The topological polar surface area (TPSA) is 57.9 Å². The summed E-state index contributed by atoms with van der Waals surface area (Å²) in [6, 6.07) is 11.9. The molecule has 0 unspecified atom stereocenters. The minimum atomic E-state index is -0.185. The van der Waals surface area contributed by atoms with Crippen LogP contribution < -0.4 is 10.5 Å². The smallest absolute Gasteiger partial charge is 0.267 e. The van der Waals surface area contributed by atoms with E-state index in [1.807, 2.05) is 50.2 Å². The summed E-state index contributed by atoms with van der Waals surface area (Å²) in [5.41, 5.74) is 3.96. The van der Waals surface area contributed by atoms with Crippen molar-refractivity contribution in [3.63, 3.8) is 0 Å².